The van der Waals surface area contributed by atoms with Crippen molar-refractivity contribution in [2.24, 2.45) is 0 Å². The molecule has 18 heavy (non-hydrogen) atoms. The minimum absolute atomic E-state index is 0.0945. The van der Waals surface area contributed by atoms with Crippen LogP contribution in [0, 0.1) is 0 Å². The summed E-state index contributed by atoms with van der Waals surface area (Å²) in [5.41, 5.74) is 0.550. The van der Waals surface area contributed by atoms with Crippen molar-refractivity contribution < 1.29 is 9.53 Å². The summed E-state index contributed by atoms with van der Waals surface area (Å²) in [7, 11) is 1.67. The molecule has 2 rings (SSSR count). The summed E-state index contributed by atoms with van der Waals surface area (Å²) in [4.78, 5) is 19.0. The predicted octanol–water partition coefficient (Wildman–Crippen LogP) is 0.253. The van der Waals surface area contributed by atoms with E-state index in [1.807, 2.05) is 0 Å². The van der Waals surface area contributed by atoms with E-state index in [9.17, 15) is 4.79 Å². The maximum atomic E-state index is 11.8. The average molecular weight is 252 g/mol. The summed E-state index contributed by atoms with van der Waals surface area (Å²) in [5.74, 6) is 1.39. The number of amides is 1. The number of aromatic amines is 1. The standard InChI is InChI=1S/C12H20N4O2/c1-18-7-6-13-4-5-14-12(17)10-8-15-11(16-10)9-2-3-9/h8-9,13H,2-7H2,1H3,(H,14,17)(H,15,16). The third-order valence-corrected chi connectivity index (χ3v) is 2.87. The number of rotatable bonds is 8. The highest BCUT2D eigenvalue weighted by Gasteiger charge is 2.27. The Morgan fingerprint density at radius 1 is 1.50 bits per heavy atom. The van der Waals surface area contributed by atoms with E-state index in [4.69, 9.17) is 4.74 Å². The molecule has 0 spiro atoms. The number of hydrogen-bond donors (Lipinski definition) is 3. The van der Waals surface area contributed by atoms with Crippen molar-refractivity contribution in [1.29, 1.82) is 0 Å². The van der Waals surface area contributed by atoms with E-state index in [2.05, 4.69) is 20.6 Å². The third kappa shape index (κ3) is 3.82. The average Bonchev–Trinajstić information content (AvgIpc) is 3.11. The monoisotopic (exact) mass is 252 g/mol. The fourth-order valence-corrected chi connectivity index (χ4v) is 1.68. The molecule has 0 bridgehead atoms. The number of nitrogens with one attached hydrogen (secondary N) is 3. The first kappa shape index (κ1) is 13.0. The van der Waals surface area contributed by atoms with Crippen molar-refractivity contribution in [3.8, 4) is 0 Å². The molecule has 1 amide bonds. The van der Waals surface area contributed by atoms with E-state index in [1.54, 1.807) is 13.3 Å². The normalized spacial score (nSPS) is 14.7. The van der Waals surface area contributed by atoms with Crippen LogP contribution in [0.1, 0.15) is 35.1 Å². The van der Waals surface area contributed by atoms with Gasteiger partial charge in [-0.15, -0.1) is 0 Å². The molecule has 0 aromatic carbocycles. The van der Waals surface area contributed by atoms with Gasteiger partial charge in [0, 0.05) is 32.7 Å². The minimum Gasteiger partial charge on any atom is -0.383 e. The van der Waals surface area contributed by atoms with Crippen molar-refractivity contribution in [2.45, 2.75) is 18.8 Å². The van der Waals surface area contributed by atoms with Gasteiger partial charge in [-0.25, -0.2) is 4.98 Å². The van der Waals surface area contributed by atoms with Crippen LogP contribution in [0.25, 0.3) is 0 Å². The molecule has 1 saturated carbocycles. The van der Waals surface area contributed by atoms with Crippen molar-refractivity contribution in [3.05, 3.63) is 17.7 Å². The summed E-state index contributed by atoms with van der Waals surface area (Å²) in [6, 6.07) is 0. The summed E-state index contributed by atoms with van der Waals surface area (Å²) < 4.78 is 4.91. The summed E-state index contributed by atoms with van der Waals surface area (Å²) in [6.45, 7) is 2.81. The number of aromatic nitrogens is 2. The Morgan fingerprint density at radius 3 is 3.06 bits per heavy atom. The van der Waals surface area contributed by atoms with E-state index < -0.39 is 0 Å². The van der Waals surface area contributed by atoms with Gasteiger partial charge in [0.05, 0.1) is 12.8 Å². The smallest absolute Gasteiger partial charge is 0.269 e. The minimum atomic E-state index is -0.0945. The lowest BCUT2D eigenvalue weighted by atomic mass is 10.4. The summed E-state index contributed by atoms with van der Waals surface area (Å²) in [6.07, 6.45) is 3.97. The van der Waals surface area contributed by atoms with Gasteiger partial charge in [-0.1, -0.05) is 0 Å². The first-order valence-corrected chi connectivity index (χ1v) is 6.34. The first-order chi connectivity index (χ1) is 8.81. The summed E-state index contributed by atoms with van der Waals surface area (Å²) in [5, 5.41) is 6.00. The van der Waals surface area contributed by atoms with E-state index in [0.717, 1.165) is 18.9 Å². The Kier molecular flexibility index (Phi) is 4.72. The molecule has 1 aromatic rings. The molecule has 100 valence electrons. The molecule has 0 aliphatic heterocycles. The van der Waals surface area contributed by atoms with E-state index in [1.165, 1.54) is 12.8 Å². The number of ether oxygens (including phenoxy) is 1. The van der Waals surface area contributed by atoms with Gasteiger partial charge in [-0.2, -0.15) is 0 Å². The van der Waals surface area contributed by atoms with Gasteiger partial charge >= 0.3 is 0 Å². The molecule has 3 N–H and O–H groups in total. The van der Waals surface area contributed by atoms with E-state index >= 15 is 0 Å². The van der Waals surface area contributed by atoms with Crippen LogP contribution in [0.15, 0.2) is 6.20 Å². The zero-order chi connectivity index (χ0) is 12.8. The molecule has 1 aliphatic carbocycles. The van der Waals surface area contributed by atoms with Gasteiger partial charge < -0.3 is 20.4 Å². The Hall–Kier alpha value is -1.40. The fourth-order valence-electron chi connectivity index (χ4n) is 1.68. The van der Waals surface area contributed by atoms with Gasteiger partial charge in [0.2, 0.25) is 0 Å². The number of nitrogens with zero attached hydrogens (tertiary/aromatic N) is 1. The number of hydrogen-bond acceptors (Lipinski definition) is 4. The lowest BCUT2D eigenvalue weighted by Gasteiger charge is -2.05. The van der Waals surface area contributed by atoms with Crippen molar-refractivity contribution in [1.82, 2.24) is 20.6 Å². The quantitative estimate of drug-likeness (QED) is 0.580. The molecule has 1 heterocycles. The Balaban J connectivity index is 1.64. The molecule has 0 radical (unpaired) electrons. The van der Waals surface area contributed by atoms with E-state index in [0.29, 0.717) is 24.8 Å². The molecular weight excluding hydrogens is 232 g/mol. The number of methoxy groups -OCH3 is 1. The number of H-pyrrole nitrogens is 1. The van der Waals surface area contributed by atoms with Crippen molar-refractivity contribution in [2.75, 3.05) is 33.4 Å². The fraction of sp³-hybridized carbons (Fsp3) is 0.667. The summed E-state index contributed by atoms with van der Waals surface area (Å²) >= 11 is 0. The molecule has 0 unspecified atom stereocenters. The predicted molar refractivity (Wildman–Crippen MR) is 67.6 cm³/mol. The largest absolute Gasteiger partial charge is 0.383 e. The van der Waals surface area contributed by atoms with Crippen molar-refractivity contribution >= 4 is 5.91 Å². The van der Waals surface area contributed by atoms with Gasteiger partial charge in [-0.05, 0) is 12.8 Å². The SMILES string of the molecule is COCCNCCNC(=O)c1cnc(C2CC2)[nH]1. The van der Waals surface area contributed by atoms with Crippen LogP contribution in [-0.4, -0.2) is 49.2 Å². The topological polar surface area (TPSA) is 79.0 Å². The molecular formula is C12H20N4O2. The van der Waals surface area contributed by atoms with Crippen LogP contribution in [0.3, 0.4) is 0 Å². The second-order valence-corrected chi connectivity index (χ2v) is 4.46. The highest BCUT2D eigenvalue weighted by molar-refractivity contribution is 5.92. The zero-order valence-electron chi connectivity index (χ0n) is 10.7. The maximum Gasteiger partial charge on any atom is 0.269 e. The van der Waals surface area contributed by atoms with Crippen molar-refractivity contribution in [3.63, 3.8) is 0 Å². The molecule has 0 saturated heterocycles. The number of carbonyl (C=O) groups is 1. The zero-order valence-corrected chi connectivity index (χ0v) is 10.7. The van der Waals surface area contributed by atoms with Gasteiger partial charge in [0.15, 0.2) is 0 Å². The Morgan fingerprint density at radius 2 is 2.33 bits per heavy atom. The second kappa shape index (κ2) is 6.51. The second-order valence-electron chi connectivity index (χ2n) is 4.46. The van der Waals surface area contributed by atoms with Crippen LogP contribution in [0.4, 0.5) is 0 Å². The third-order valence-electron chi connectivity index (χ3n) is 2.87. The van der Waals surface area contributed by atoms with Gasteiger partial charge in [0.1, 0.15) is 11.5 Å². The molecule has 1 fully saturated rings. The molecule has 6 nitrogen and oxygen atoms in total. The molecule has 0 atom stereocenters. The van der Waals surface area contributed by atoms with Crippen LogP contribution in [-0.2, 0) is 4.74 Å². The lowest BCUT2D eigenvalue weighted by Crippen LogP contribution is -2.33. The Bertz CT molecular complexity index is 387. The molecule has 1 aromatic heterocycles. The first-order valence-electron chi connectivity index (χ1n) is 6.34. The molecule has 6 heteroatoms. The Labute approximate surface area is 107 Å². The number of carbonyl (C=O) groups excluding carboxylic acids is 1. The lowest BCUT2D eigenvalue weighted by molar-refractivity contribution is 0.0949. The van der Waals surface area contributed by atoms with Crippen LogP contribution in [0.2, 0.25) is 0 Å². The van der Waals surface area contributed by atoms with Crippen LogP contribution < -0.4 is 10.6 Å². The molecule has 1 aliphatic rings. The maximum absolute atomic E-state index is 11.8. The van der Waals surface area contributed by atoms with Gasteiger partial charge in [-0.3, -0.25) is 4.79 Å². The van der Waals surface area contributed by atoms with Crippen LogP contribution >= 0.6 is 0 Å². The van der Waals surface area contributed by atoms with Gasteiger partial charge in [0.25, 0.3) is 5.91 Å². The highest BCUT2D eigenvalue weighted by atomic mass is 16.5. The van der Waals surface area contributed by atoms with E-state index in [-0.39, 0.29) is 5.91 Å². The van der Waals surface area contributed by atoms with Crippen LogP contribution in [0.5, 0.6) is 0 Å². The highest BCUT2D eigenvalue weighted by Crippen LogP contribution is 2.37. The number of imidazole rings is 1.